The molecule has 0 radical (unpaired) electrons. The number of nitrogens with one attached hydrogen (secondary N) is 2. The summed E-state index contributed by atoms with van der Waals surface area (Å²) in [5.74, 6) is 0. The van der Waals surface area contributed by atoms with Crippen LogP contribution < -0.4 is 10.0 Å². The molecule has 106 valence electrons. The molecule has 7 nitrogen and oxygen atoms in total. The monoisotopic (exact) mass is 307 g/mol. The Kier molecular flexibility index (Phi) is 5.24. The van der Waals surface area contributed by atoms with Crippen molar-refractivity contribution in [3.63, 3.8) is 0 Å². The maximum absolute atomic E-state index is 12.0. The summed E-state index contributed by atoms with van der Waals surface area (Å²) in [4.78, 5) is 9.82. The van der Waals surface area contributed by atoms with E-state index in [1.54, 1.807) is 14.0 Å². The van der Waals surface area contributed by atoms with E-state index in [0.29, 0.717) is 12.1 Å². The number of hydrogen-bond acceptors (Lipinski definition) is 5. The number of likely N-dealkylation sites (N-methyl/N-ethyl adjacent to an activating group) is 1. The number of rotatable bonds is 6. The summed E-state index contributed by atoms with van der Waals surface area (Å²) in [6, 6.07) is 2.53. The molecule has 1 rings (SSSR count). The number of nitrogens with zero attached hydrogens (tertiary/aromatic N) is 1. The quantitative estimate of drug-likeness (QED) is 0.465. The van der Waals surface area contributed by atoms with Crippen molar-refractivity contribution < 1.29 is 13.3 Å². The van der Waals surface area contributed by atoms with Crippen LogP contribution in [0.15, 0.2) is 17.0 Å². The van der Waals surface area contributed by atoms with Crippen LogP contribution in [0.1, 0.15) is 5.56 Å². The Balaban J connectivity index is 3.23. The molecule has 0 aromatic heterocycles. The fourth-order valence-electron chi connectivity index (χ4n) is 1.43. The fourth-order valence-corrected chi connectivity index (χ4v) is 3.12. The first-order valence-corrected chi connectivity index (χ1v) is 7.24. The molecule has 9 heteroatoms. The van der Waals surface area contributed by atoms with Gasteiger partial charge in [-0.05, 0) is 25.6 Å². The Morgan fingerprint density at radius 3 is 2.53 bits per heavy atom. The van der Waals surface area contributed by atoms with Crippen LogP contribution in [-0.2, 0) is 10.0 Å². The first kappa shape index (κ1) is 15.8. The van der Waals surface area contributed by atoms with Gasteiger partial charge in [-0.25, -0.2) is 13.1 Å². The summed E-state index contributed by atoms with van der Waals surface area (Å²) < 4.78 is 26.3. The lowest BCUT2D eigenvalue weighted by Crippen LogP contribution is -2.30. The number of nitro groups is 1. The summed E-state index contributed by atoms with van der Waals surface area (Å²) in [5, 5.41) is 13.2. The van der Waals surface area contributed by atoms with Gasteiger partial charge in [0.1, 0.15) is 9.92 Å². The van der Waals surface area contributed by atoms with E-state index < -0.39 is 20.6 Å². The predicted molar refractivity (Wildman–Crippen MR) is 72.0 cm³/mol. The van der Waals surface area contributed by atoms with Gasteiger partial charge in [-0.2, -0.15) is 0 Å². The Morgan fingerprint density at radius 1 is 1.37 bits per heavy atom. The molecule has 2 N–H and O–H groups in total. The number of hydrogen-bond donors (Lipinski definition) is 2. The van der Waals surface area contributed by atoms with Crippen molar-refractivity contribution in [3.05, 3.63) is 32.8 Å². The minimum Gasteiger partial charge on any atom is -0.318 e. The van der Waals surface area contributed by atoms with Gasteiger partial charge in [0.25, 0.3) is 5.69 Å². The smallest absolute Gasteiger partial charge is 0.289 e. The van der Waals surface area contributed by atoms with Crippen LogP contribution in [0.5, 0.6) is 0 Å². The van der Waals surface area contributed by atoms with Crippen LogP contribution in [0.4, 0.5) is 5.69 Å². The van der Waals surface area contributed by atoms with Gasteiger partial charge in [0.05, 0.1) is 4.92 Å². The Labute approximate surface area is 116 Å². The molecule has 0 aliphatic rings. The zero-order chi connectivity index (χ0) is 14.6. The molecule has 0 saturated carbocycles. The van der Waals surface area contributed by atoms with Crippen LogP contribution >= 0.6 is 11.6 Å². The van der Waals surface area contributed by atoms with Crippen LogP contribution in [0, 0.1) is 17.0 Å². The highest BCUT2D eigenvalue weighted by atomic mass is 35.5. The lowest BCUT2D eigenvalue weighted by molar-refractivity contribution is -0.385. The first-order valence-electron chi connectivity index (χ1n) is 5.38. The third kappa shape index (κ3) is 3.87. The van der Waals surface area contributed by atoms with Crippen LogP contribution in [0.3, 0.4) is 0 Å². The Morgan fingerprint density at radius 2 is 2.00 bits per heavy atom. The molecular weight excluding hydrogens is 294 g/mol. The normalized spacial score (nSPS) is 11.5. The van der Waals surface area contributed by atoms with Crippen molar-refractivity contribution >= 4 is 27.3 Å². The van der Waals surface area contributed by atoms with Crippen LogP contribution in [-0.4, -0.2) is 33.5 Å². The summed E-state index contributed by atoms with van der Waals surface area (Å²) in [5.41, 5.74) is 0.0285. The number of nitro benzene ring substituents is 1. The number of benzene rings is 1. The highest BCUT2D eigenvalue weighted by molar-refractivity contribution is 7.89. The maximum Gasteiger partial charge on any atom is 0.289 e. The van der Waals surface area contributed by atoms with Crippen molar-refractivity contribution in [2.75, 3.05) is 20.1 Å². The maximum atomic E-state index is 12.0. The van der Waals surface area contributed by atoms with Crippen LogP contribution in [0.25, 0.3) is 0 Å². The van der Waals surface area contributed by atoms with E-state index in [1.807, 2.05) is 0 Å². The third-order valence-electron chi connectivity index (χ3n) is 2.32. The van der Waals surface area contributed by atoms with Gasteiger partial charge >= 0.3 is 0 Å². The molecule has 0 saturated heterocycles. The minimum atomic E-state index is -3.87. The Hall–Kier alpha value is -1.22. The van der Waals surface area contributed by atoms with Crippen molar-refractivity contribution in [2.24, 2.45) is 0 Å². The van der Waals surface area contributed by atoms with E-state index in [2.05, 4.69) is 10.0 Å². The lowest BCUT2D eigenvalue weighted by atomic mass is 10.2. The number of halogens is 1. The van der Waals surface area contributed by atoms with E-state index in [4.69, 9.17) is 11.6 Å². The summed E-state index contributed by atoms with van der Waals surface area (Å²) in [7, 11) is -2.19. The molecule has 0 fully saturated rings. The molecule has 0 bridgehead atoms. The average molecular weight is 308 g/mol. The molecule has 0 aliphatic carbocycles. The highest BCUT2D eigenvalue weighted by Crippen LogP contribution is 2.32. The molecular formula is C10H14ClN3O4S. The van der Waals surface area contributed by atoms with Crippen molar-refractivity contribution in [3.8, 4) is 0 Å². The lowest BCUT2D eigenvalue weighted by Gasteiger charge is -2.09. The highest BCUT2D eigenvalue weighted by Gasteiger charge is 2.25. The fraction of sp³-hybridized carbons (Fsp3) is 0.400. The van der Waals surface area contributed by atoms with Gasteiger partial charge in [0, 0.05) is 19.2 Å². The number of aryl methyl sites for hydroxylation is 1. The Bertz CT molecular complexity index is 589. The average Bonchev–Trinajstić information content (AvgIpc) is 2.31. The molecule has 1 aromatic rings. The molecule has 0 heterocycles. The van der Waals surface area contributed by atoms with Gasteiger partial charge in [0.2, 0.25) is 10.0 Å². The standard InChI is InChI=1S/C10H14ClN3O4S/c1-7-5-8(14(15)16)10(11)9(6-7)19(17,18)13-4-3-12-2/h5-6,12-13H,3-4H2,1-2H3. The predicted octanol–water partition coefficient (Wildman–Crippen LogP) is 1.05. The van der Waals surface area contributed by atoms with Gasteiger partial charge in [0.15, 0.2) is 0 Å². The molecule has 1 aromatic carbocycles. The molecule has 19 heavy (non-hydrogen) atoms. The largest absolute Gasteiger partial charge is 0.318 e. The van der Waals surface area contributed by atoms with E-state index in [0.717, 1.165) is 0 Å². The van der Waals surface area contributed by atoms with Gasteiger partial charge in [-0.15, -0.1) is 0 Å². The number of sulfonamides is 1. The van der Waals surface area contributed by atoms with Crippen molar-refractivity contribution in [2.45, 2.75) is 11.8 Å². The second kappa shape index (κ2) is 6.29. The molecule has 0 spiro atoms. The van der Waals surface area contributed by atoms with E-state index in [9.17, 15) is 18.5 Å². The van der Waals surface area contributed by atoms with Gasteiger partial charge in [-0.3, -0.25) is 10.1 Å². The molecule has 0 aliphatic heterocycles. The molecule has 0 amide bonds. The zero-order valence-corrected chi connectivity index (χ0v) is 12.0. The SMILES string of the molecule is CNCCNS(=O)(=O)c1cc(C)cc([N+](=O)[O-])c1Cl. The minimum absolute atomic E-state index is 0.164. The first-order chi connectivity index (χ1) is 8.79. The van der Waals surface area contributed by atoms with E-state index in [1.165, 1.54) is 12.1 Å². The third-order valence-corrected chi connectivity index (χ3v) is 4.31. The summed E-state index contributed by atoms with van der Waals surface area (Å²) in [6.07, 6.45) is 0. The molecule has 0 unspecified atom stereocenters. The van der Waals surface area contributed by atoms with Gasteiger partial charge < -0.3 is 5.32 Å². The summed E-state index contributed by atoms with van der Waals surface area (Å²) >= 11 is 5.80. The van der Waals surface area contributed by atoms with Crippen molar-refractivity contribution in [1.82, 2.24) is 10.0 Å². The van der Waals surface area contributed by atoms with Crippen molar-refractivity contribution in [1.29, 1.82) is 0 Å². The van der Waals surface area contributed by atoms with E-state index >= 15 is 0 Å². The zero-order valence-electron chi connectivity index (χ0n) is 10.4. The second-order valence-corrected chi connectivity index (χ2v) is 5.97. The van der Waals surface area contributed by atoms with Crippen LogP contribution in [0.2, 0.25) is 5.02 Å². The summed E-state index contributed by atoms with van der Waals surface area (Å²) in [6.45, 7) is 2.16. The van der Waals surface area contributed by atoms with Gasteiger partial charge in [-0.1, -0.05) is 11.6 Å². The topological polar surface area (TPSA) is 101 Å². The molecule has 0 atom stereocenters. The second-order valence-electron chi connectivity index (χ2n) is 3.85. The van der Waals surface area contributed by atoms with E-state index in [-0.39, 0.29) is 16.5 Å².